The predicted molar refractivity (Wildman–Crippen MR) is 30.4 cm³/mol. The van der Waals surface area contributed by atoms with Crippen molar-refractivity contribution in [1.29, 1.82) is 0 Å². The third kappa shape index (κ3) is 6.21. The molecule has 1 atom stereocenters. The predicted octanol–water partition coefficient (Wildman–Crippen LogP) is 0.153. The molecule has 0 heterocycles. The molecule has 0 spiro atoms. The normalized spacial score (nSPS) is 14.1. The number of alkyl halides is 1. The summed E-state index contributed by atoms with van der Waals surface area (Å²) in [4.78, 5) is 0. The molecule has 0 aromatic heterocycles. The molecule has 0 aromatic rings. The largest absolute Gasteiger partial charge is 0.392 e. The van der Waals surface area contributed by atoms with Crippen LogP contribution in [0.15, 0.2) is 0 Å². The molecule has 0 fully saturated rings. The molecule has 2 nitrogen and oxygen atoms in total. The lowest BCUT2D eigenvalue weighted by atomic mass is 10.4. The summed E-state index contributed by atoms with van der Waals surface area (Å²) in [5, 5.41) is 11.3. The highest BCUT2D eigenvalue weighted by molar-refractivity contribution is 6.17. The van der Waals surface area contributed by atoms with E-state index in [0.29, 0.717) is 12.5 Å². The molecule has 0 amide bonds. The van der Waals surface area contributed by atoms with Crippen molar-refractivity contribution in [2.45, 2.75) is 13.0 Å². The van der Waals surface area contributed by atoms with Gasteiger partial charge in [0.15, 0.2) is 0 Å². The lowest BCUT2D eigenvalue weighted by molar-refractivity contribution is 0.193. The summed E-state index contributed by atoms with van der Waals surface area (Å²) in [6, 6.07) is 0.408. The number of aliphatic hydroxyl groups is 1. The highest BCUT2D eigenvalue weighted by Gasteiger charge is 1.89. The maximum atomic E-state index is 8.56. The lowest BCUT2D eigenvalue weighted by Crippen LogP contribution is -2.22. The Kier molecular flexibility index (Phi) is 4.50. The summed E-state index contributed by atoms with van der Waals surface area (Å²) in [6.45, 7) is 2.28. The Hall–Kier alpha value is 0.210. The maximum Gasteiger partial charge on any atom is 0.0714 e. The first-order valence-electron chi connectivity index (χ1n) is 2.22. The summed E-state index contributed by atoms with van der Waals surface area (Å²) in [5.74, 6) is 0. The average molecular weight is 124 g/mol. The lowest BCUT2D eigenvalue weighted by Gasteiger charge is -2.00. The van der Waals surface area contributed by atoms with E-state index in [1.807, 2.05) is 0 Å². The molecule has 0 aliphatic carbocycles. The summed E-state index contributed by atoms with van der Waals surface area (Å²) in [6.07, 6.45) is -0.293. The summed E-state index contributed by atoms with van der Waals surface area (Å²) in [7, 11) is 0. The van der Waals surface area contributed by atoms with Gasteiger partial charge >= 0.3 is 0 Å². The second kappa shape index (κ2) is 4.37. The molecule has 0 aliphatic heterocycles. The van der Waals surface area contributed by atoms with Gasteiger partial charge in [-0.2, -0.15) is 0 Å². The minimum absolute atomic E-state index is 0.293. The highest BCUT2D eigenvalue weighted by atomic mass is 35.5. The van der Waals surface area contributed by atoms with Crippen LogP contribution >= 0.6 is 11.6 Å². The molecule has 0 saturated heterocycles. The molecule has 0 aliphatic rings. The number of hydrogen-bond acceptors (Lipinski definition) is 2. The van der Waals surface area contributed by atoms with Gasteiger partial charge in [0.2, 0.25) is 0 Å². The van der Waals surface area contributed by atoms with Crippen molar-refractivity contribution >= 4 is 11.6 Å². The Morgan fingerprint density at radius 2 is 2.43 bits per heavy atom. The molecule has 0 bridgehead atoms. The average Bonchev–Trinajstić information content (AvgIpc) is 1.61. The number of halogens is 1. The minimum atomic E-state index is -0.293. The topological polar surface area (TPSA) is 32.3 Å². The van der Waals surface area contributed by atoms with Crippen LogP contribution in [0.25, 0.3) is 0 Å². The Bertz CT molecular complexity index is 40.7. The SMILES string of the molecule is CC(O)CNCCl. The van der Waals surface area contributed by atoms with E-state index in [4.69, 9.17) is 16.7 Å². The van der Waals surface area contributed by atoms with Gasteiger partial charge in [0.1, 0.15) is 0 Å². The van der Waals surface area contributed by atoms with Crippen molar-refractivity contribution in [3.63, 3.8) is 0 Å². The molecule has 44 valence electrons. The first-order valence-corrected chi connectivity index (χ1v) is 2.75. The van der Waals surface area contributed by atoms with Gasteiger partial charge in [0.05, 0.1) is 12.1 Å². The number of hydrogen-bond donors (Lipinski definition) is 2. The molecule has 0 saturated carbocycles. The van der Waals surface area contributed by atoms with Crippen LogP contribution in [0.1, 0.15) is 6.92 Å². The fraction of sp³-hybridized carbons (Fsp3) is 1.00. The molecule has 1 unspecified atom stereocenters. The van der Waals surface area contributed by atoms with E-state index in [9.17, 15) is 0 Å². The number of rotatable bonds is 3. The van der Waals surface area contributed by atoms with Crippen LogP contribution in [-0.4, -0.2) is 23.8 Å². The number of aliphatic hydroxyl groups excluding tert-OH is 1. The molecule has 3 heteroatoms. The first-order chi connectivity index (χ1) is 3.27. The van der Waals surface area contributed by atoms with Crippen molar-refractivity contribution in [3.8, 4) is 0 Å². The molecule has 2 N–H and O–H groups in total. The van der Waals surface area contributed by atoms with Crippen molar-refractivity contribution in [1.82, 2.24) is 5.32 Å². The quantitative estimate of drug-likeness (QED) is 0.414. The van der Waals surface area contributed by atoms with Crippen LogP contribution < -0.4 is 5.32 Å². The Morgan fingerprint density at radius 1 is 1.86 bits per heavy atom. The molecule has 7 heavy (non-hydrogen) atoms. The molecule has 0 radical (unpaired) electrons. The monoisotopic (exact) mass is 123 g/mol. The molecular formula is C4H10ClNO. The van der Waals surface area contributed by atoms with Crippen LogP contribution in [-0.2, 0) is 0 Å². The fourth-order valence-corrected chi connectivity index (χ4v) is 0.373. The van der Waals surface area contributed by atoms with Crippen molar-refractivity contribution < 1.29 is 5.11 Å². The van der Waals surface area contributed by atoms with Crippen LogP contribution in [0.2, 0.25) is 0 Å². The van der Waals surface area contributed by atoms with Crippen molar-refractivity contribution in [2.24, 2.45) is 0 Å². The van der Waals surface area contributed by atoms with Crippen LogP contribution in [0.4, 0.5) is 0 Å². The zero-order chi connectivity index (χ0) is 5.70. The smallest absolute Gasteiger partial charge is 0.0714 e. The van der Waals surface area contributed by atoms with Gasteiger partial charge in [-0.25, -0.2) is 0 Å². The van der Waals surface area contributed by atoms with E-state index in [-0.39, 0.29) is 6.10 Å². The van der Waals surface area contributed by atoms with Gasteiger partial charge in [-0.1, -0.05) is 0 Å². The van der Waals surface area contributed by atoms with E-state index in [1.165, 1.54) is 0 Å². The van der Waals surface area contributed by atoms with E-state index in [1.54, 1.807) is 6.92 Å². The Balaban J connectivity index is 2.68. The zero-order valence-electron chi connectivity index (χ0n) is 4.32. The molecular weight excluding hydrogens is 114 g/mol. The van der Waals surface area contributed by atoms with Crippen molar-refractivity contribution in [2.75, 3.05) is 12.5 Å². The van der Waals surface area contributed by atoms with E-state index in [0.717, 1.165) is 0 Å². The van der Waals surface area contributed by atoms with Gasteiger partial charge < -0.3 is 10.4 Å². The van der Waals surface area contributed by atoms with E-state index >= 15 is 0 Å². The second-order valence-electron chi connectivity index (χ2n) is 1.44. The van der Waals surface area contributed by atoms with Crippen LogP contribution in [0, 0.1) is 0 Å². The minimum Gasteiger partial charge on any atom is -0.392 e. The summed E-state index contributed by atoms with van der Waals surface area (Å²) < 4.78 is 0. The second-order valence-corrected chi connectivity index (χ2v) is 1.70. The van der Waals surface area contributed by atoms with Crippen LogP contribution in [0.5, 0.6) is 0 Å². The van der Waals surface area contributed by atoms with Gasteiger partial charge in [-0.3, -0.25) is 0 Å². The molecule has 0 rings (SSSR count). The number of nitrogens with one attached hydrogen (secondary N) is 1. The third-order valence-electron chi connectivity index (χ3n) is 0.534. The van der Waals surface area contributed by atoms with Crippen LogP contribution in [0.3, 0.4) is 0 Å². The van der Waals surface area contributed by atoms with Gasteiger partial charge in [-0.05, 0) is 6.92 Å². The summed E-state index contributed by atoms with van der Waals surface area (Å²) >= 11 is 5.22. The van der Waals surface area contributed by atoms with Gasteiger partial charge in [-0.15, -0.1) is 11.6 Å². The standard InChI is InChI=1S/C4H10ClNO/c1-4(7)2-6-3-5/h4,6-7H,2-3H2,1H3. The fourth-order valence-electron chi connectivity index (χ4n) is 0.263. The summed E-state index contributed by atoms with van der Waals surface area (Å²) in [5.41, 5.74) is 0. The van der Waals surface area contributed by atoms with Gasteiger partial charge in [0.25, 0.3) is 0 Å². The Morgan fingerprint density at radius 3 is 2.57 bits per heavy atom. The third-order valence-corrected chi connectivity index (χ3v) is 0.723. The van der Waals surface area contributed by atoms with E-state index in [2.05, 4.69) is 5.32 Å². The van der Waals surface area contributed by atoms with E-state index < -0.39 is 0 Å². The van der Waals surface area contributed by atoms with Gasteiger partial charge in [0, 0.05) is 6.54 Å². The first kappa shape index (κ1) is 7.21. The molecule has 0 aromatic carbocycles. The highest BCUT2D eigenvalue weighted by Crippen LogP contribution is 1.74. The zero-order valence-corrected chi connectivity index (χ0v) is 5.07. The maximum absolute atomic E-state index is 8.56. The Labute approximate surface area is 48.5 Å². The van der Waals surface area contributed by atoms with Crippen molar-refractivity contribution in [3.05, 3.63) is 0 Å².